The highest BCUT2D eigenvalue weighted by Crippen LogP contribution is 2.16. The van der Waals surface area contributed by atoms with Crippen LogP contribution in [0.4, 0.5) is 0 Å². The van der Waals surface area contributed by atoms with Gasteiger partial charge in [-0.1, -0.05) is 42.1 Å². The summed E-state index contributed by atoms with van der Waals surface area (Å²) < 4.78 is 4.79. The Balaban J connectivity index is 1.93. The number of nitrogens with one attached hydrogen (secondary N) is 2. The Morgan fingerprint density at radius 2 is 2.00 bits per heavy atom. The second-order valence-corrected chi connectivity index (χ2v) is 6.34. The van der Waals surface area contributed by atoms with Gasteiger partial charge in [-0.2, -0.15) is 0 Å². The van der Waals surface area contributed by atoms with Gasteiger partial charge in [-0.15, -0.1) is 0 Å². The van der Waals surface area contributed by atoms with Crippen molar-refractivity contribution in [1.29, 1.82) is 0 Å². The molecule has 6 nitrogen and oxygen atoms in total. The van der Waals surface area contributed by atoms with Gasteiger partial charge in [0.05, 0.1) is 18.6 Å². The number of aromatic amines is 1. The highest BCUT2D eigenvalue weighted by molar-refractivity contribution is 7.99. The van der Waals surface area contributed by atoms with Crippen molar-refractivity contribution in [1.82, 2.24) is 15.3 Å². The molecule has 1 heterocycles. The maximum atomic E-state index is 12.1. The summed E-state index contributed by atoms with van der Waals surface area (Å²) in [5.74, 6) is -0.519. The first kappa shape index (κ1) is 18.1. The molecule has 1 amide bonds. The summed E-state index contributed by atoms with van der Waals surface area (Å²) in [5, 5.41) is 3.42. The standard InChI is InChI=1S/C17H21N3O3S/c1-11-12(2)19-17(18-11)24-10-15(21)20-14(16(22)23-3)9-13-7-5-4-6-8-13/h4-8,14H,9-10H2,1-3H3,(H,18,19)(H,20,21). The molecule has 0 bridgehead atoms. The number of imidazole rings is 1. The van der Waals surface area contributed by atoms with Crippen molar-refractivity contribution in [3.8, 4) is 0 Å². The molecule has 24 heavy (non-hydrogen) atoms. The number of methoxy groups -OCH3 is 1. The summed E-state index contributed by atoms with van der Waals surface area (Å²) in [4.78, 5) is 31.5. The number of ether oxygens (including phenoxy) is 1. The quantitative estimate of drug-likeness (QED) is 0.591. The molecule has 0 saturated heterocycles. The van der Waals surface area contributed by atoms with Crippen molar-refractivity contribution < 1.29 is 14.3 Å². The van der Waals surface area contributed by atoms with Gasteiger partial charge in [-0.3, -0.25) is 4.79 Å². The van der Waals surface area contributed by atoms with Gasteiger partial charge in [0.2, 0.25) is 5.91 Å². The maximum Gasteiger partial charge on any atom is 0.328 e. The van der Waals surface area contributed by atoms with Crippen LogP contribution in [0.15, 0.2) is 35.5 Å². The molecular formula is C17H21N3O3S. The van der Waals surface area contributed by atoms with Gasteiger partial charge in [-0.05, 0) is 19.4 Å². The van der Waals surface area contributed by atoms with E-state index in [0.29, 0.717) is 11.6 Å². The van der Waals surface area contributed by atoms with E-state index < -0.39 is 12.0 Å². The van der Waals surface area contributed by atoms with Crippen molar-refractivity contribution in [2.24, 2.45) is 0 Å². The number of aryl methyl sites for hydroxylation is 2. The van der Waals surface area contributed by atoms with Crippen LogP contribution in [-0.4, -0.2) is 40.7 Å². The minimum Gasteiger partial charge on any atom is -0.467 e. The molecule has 0 radical (unpaired) electrons. The number of hydrogen-bond acceptors (Lipinski definition) is 5. The molecule has 0 spiro atoms. The normalized spacial score (nSPS) is 11.8. The topological polar surface area (TPSA) is 84.1 Å². The first-order valence-electron chi connectivity index (χ1n) is 7.56. The maximum absolute atomic E-state index is 12.1. The molecule has 0 aliphatic rings. The average Bonchev–Trinajstić information content (AvgIpc) is 2.91. The third-order valence-corrected chi connectivity index (χ3v) is 4.42. The van der Waals surface area contributed by atoms with E-state index in [1.54, 1.807) is 0 Å². The van der Waals surface area contributed by atoms with Crippen molar-refractivity contribution >= 4 is 23.6 Å². The SMILES string of the molecule is COC(=O)C(Cc1ccccc1)NC(=O)CSc1nc(C)c(C)[nH]1. The third-order valence-electron chi connectivity index (χ3n) is 3.55. The minimum atomic E-state index is -0.703. The number of hydrogen-bond donors (Lipinski definition) is 2. The lowest BCUT2D eigenvalue weighted by Gasteiger charge is -2.16. The summed E-state index contributed by atoms with van der Waals surface area (Å²) in [6.45, 7) is 3.84. The predicted octanol–water partition coefficient (Wildman–Crippen LogP) is 2.02. The highest BCUT2D eigenvalue weighted by atomic mass is 32.2. The molecule has 1 atom stereocenters. The summed E-state index contributed by atoms with van der Waals surface area (Å²) >= 11 is 1.30. The zero-order valence-electron chi connectivity index (χ0n) is 14.0. The predicted molar refractivity (Wildman–Crippen MR) is 92.9 cm³/mol. The van der Waals surface area contributed by atoms with E-state index in [9.17, 15) is 9.59 Å². The Morgan fingerprint density at radius 3 is 2.58 bits per heavy atom. The number of carbonyl (C=O) groups excluding carboxylic acids is 2. The second kappa shape index (κ2) is 8.54. The number of rotatable bonds is 7. The first-order valence-corrected chi connectivity index (χ1v) is 8.55. The Bertz CT molecular complexity index is 681. The van der Waals surface area contributed by atoms with E-state index in [-0.39, 0.29) is 11.7 Å². The number of thioether (sulfide) groups is 1. The van der Waals surface area contributed by atoms with Crippen molar-refractivity contribution in [3.63, 3.8) is 0 Å². The van der Waals surface area contributed by atoms with Crippen LogP contribution in [0.1, 0.15) is 17.0 Å². The van der Waals surface area contributed by atoms with E-state index in [4.69, 9.17) is 4.74 Å². The van der Waals surface area contributed by atoms with Gasteiger partial charge in [0.1, 0.15) is 6.04 Å². The van der Waals surface area contributed by atoms with Crippen LogP contribution in [0.5, 0.6) is 0 Å². The number of amides is 1. The summed E-state index contributed by atoms with van der Waals surface area (Å²) in [6.07, 6.45) is 0.392. The van der Waals surface area contributed by atoms with E-state index in [1.165, 1.54) is 18.9 Å². The molecule has 2 rings (SSSR count). The van der Waals surface area contributed by atoms with Gasteiger partial charge in [0.25, 0.3) is 0 Å². The van der Waals surface area contributed by atoms with Crippen LogP contribution < -0.4 is 5.32 Å². The fraction of sp³-hybridized carbons (Fsp3) is 0.353. The number of benzene rings is 1. The molecule has 128 valence electrons. The number of H-pyrrole nitrogens is 1. The molecule has 0 aliphatic heterocycles. The van der Waals surface area contributed by atoms with E-state index in [1.807, 2.05) is 44.2 Å². The van der Waals surface area contributed by atoms with Crippen molar-refractivity contribution in [3.05, 3.63) is 47.3 Å². The Labute approximate surface area is 145 Å². The summed E-state index contributed by atoms with van der Waals surface area (Å²) in [6, 6.07) is 8.80. The van der Waals surface area contributed by atoms with Crippen LogP contribution >= 0.6 is 11.8 Å². The molecular weight excluding hydrogens is 326 g/mol. The highest BCUT2D eigenvalue weighted by Gasteiger charge is 2.22. The van der Waals surface area contributed by atoms with Gasteiger partial charge in [-0.25, -0.2) is 9.78 Å². The molecule has 1 unspecified atom stereocenters. The van der Waals surface area contributed by atoms with E-state index in [0.717, 1.165) is 17.0 Å². The number of carbonyl (C=O) groups is 2. The van der Waals surface area contributed by atoms with Gasteiger partial charge < -0.3 is 15.0 Å². The number of nitrogens with zero attached hydrogens (tertiary/aromatic N) is 1. The lowest BCUT2D eigenvalue weighted by atomic mass is 10.1. The van der Waals surface area contributed by atoms with Gasteiger partial charge in [0.15, 0.2) is 5.16 Å². The Kier molecular flexibility index (Phi) is 6.43. The first-order chi connectivity index (χ1) is 11.5. The molecule has 0 saturated carbocycles. The van der Waals surface area contributed by atoms with Crippen LogP contribution in [0.25, 0.3) is 0 Å². The number of aromatic nitrogens is 2. The molecule has 7 heteroatoms. The molecule has 1 aromatic heterocycles. The molecule has 2 aromatic rings. The zero-order valence-corrected chi connectivity index (χ0v) is 14.8. The summed E-state index contributed by atoms with van der Waals surface area (Å²) in [7, 11) is 1.32. The fourth-order valence-electron chi connectivity index (χ4n) is 2.14. The smallest absolute Gasteiger partial charge is 0.328 e. The Hall–Kier alpha value is -2.28. The minimum absolute atomic E-state index is 0.175. The monoisotopic (exact) mass is 347 g/mol. The third kappa shape index (κ3) is 5.13. The van der Waals surface area contributed by atoms with Crippen LogP contribution in [0.3, 0.4) is 0 Å². The lowest BCUT2D eigenvalue weighted by Crippen LogP contribution is -2.43. The van der Waals surface area contributed by atoms with Crippen LogP contribution in [0.2, 0.25) is 0 Å². The molecule has 1 aromatic carbocycles. The largest absolute Gasteiger partial charge is 0.467 e. The second-order valence-electron chi connectivity index (χ2n) is 5.37. The van der Waals surface area contributed by atoms with Gasteiger partial charge >= 0.3 is 5.97 Å². The van der Waals surface area contributed by atoms with Crippen LogP contribution in [-0.2, 0) is 20.7 Å². The average molecular weight is 347 g/mol. The molecule has 0 aliphatic carbocycles. The van der Waals surface area contributed by atoms with E-state index >= 15 is 0 Å². The zero-order chi connectivity index (χ0) is 17.5. The van der Waals surface area contributed by atoms with Crippen molar-refractivity contribution in [2.75, 3.05) is 12.9 Å². The lowest BCUT2D eigenvalue weighted by molar-refractivity contribution is -0.144. The molecule has 0 fully saturated rings. The summed E-state index contributed by atoms with van der Waals surface area (Å²) in [5.41, 5.74) is 2.85. The molecule has 2 N–H and O–H groups in total. The van der Waals surface area contributed by atoms with Crippen LogP contribution in [0, 0.1) is 13.8 Å². The van der Waals surface area contributed by atoms with E-state index in [2.05, 4.69) is 15.3 Å². The van der Waals surface area contributed by atoms with Gasteiger partial charge in [0, 0.05) is 12.1 Å². The fourth-order valence-corrected chi connectivity index (χ4v) is 2.92. The van der Waals surface area contributed by atoms with Crippen molar-refractivity contribution in [2.45, 2.75) is 31.5 Å². The number of esters is 1. The Morgan fingerprint density at radius 1 is 1.29 bits per heavy atom.